The topological polar surface area (TPSA) is 42.0 Å². The maximum Gasteiger partial charge on any atom is 0.224 e. The van der Waals surface area contributed by atoms with E-state index in [9.17, 15) is 4.79 Å². The molecular formula is C19H18N2OS. The zero-order chi connectivity index (χ0) is 16.1. The Morgan fingerprint density at radius 3 is 2.83 bits per heavy atom. The molecular weight excluding hydrogens is 304 g/mol. The highest BCUT2D eigenvalue weighted by molar-refractivity contribution is 7.13. The van der Waals surface area contributed by atoms with Crippen molar-refractivity contribution in [1.29, 1.82) is 0 Å². The van der Waals surface area contributed by atoms with E-state index < -0.39 is 0 Å². The molecule has 0 aliphatic carbocycles. The minimum absolute atomic E-state index is 0.0325. The summed E-state index contributed by atoms with van der Waals surface area (Å²) in [4.78, 5) is 17.6. The van der Waals surface area contributed by atoms with Crippen LogP contribution in [0.5, 0.6) is 0 Å². The molecule has 0 saturated heterocycles. The maximum absolute atomic E-state index is 12.1. The van der Waals surface area contributed by atoms with E-state index in [1.54, 1.807) is 17.5 Å². The Hall–Kier alpha value is -2.46. The van der Waals surface area contributed by atoms with Crippen LogP contribution in [0.4, 0.5) is 0 Å². The fourth-order valence-corrected chi connectivity index (χ4v) is 3.11. The molecule has 0 saturated carbocycles. The average molecular weight is 322 g/mol. The second kappa shape index (κ2) is 7.20. The molecule has 0 aliphatic heterocycles. The molecule has 0 bridgehead atoms. The molecule has 0 fully saturated rings. The minimum atomic E-state index is 0.0325. The summed E-state index contributed by atoms with van der Waals surface area (Å²) in [5, 5.41) is 5.01. The van der Waals surface area contributed by atoms with E-state index in [0.29, 0.717) is 13.0 Å². The van der Waals surface area contributed by atoms with Crippen molar-refractivity contribution in [1.82, 2.24) is 10.3 Å². The molecule has 23 heavy (non-hydrogen) atoms. The lowest BCUT2D eigenvalue weighted by Gasteiger charge is -2.07. The Bertz CT molecular complexity index is 797. The summed E-state index contributed by atoms with van der Waals surface area (Å²) < 4.78 is 0. The normalized spacial score (nSPS) is 10.5. The van der Waals surface area contributed by atoms with Gasteiger partial charge in [0.15, 0.2) is 0 Å². The fourth-order valence-electron chi connectivity index (χ4n) is 2.41. The summed E-state index contributed by atoms with van der Waals surface area (Å²) in [5.74, 6) is 0.0325. The first kappa shape index (κ1) is 15.4. The van der Waals surface area contributed by atoms with Crippen LogP contribution in [0, 0.1) is 6.92 Å². The van der Waals surface area contributed by atoms with Gasteiger partial charge in [-0.05, 0) is 41.6 Å². The molecule has 0 aliphatic rings. The summed E-state index contributed by atoms with van der Waals surface area (Å²) in [7, 11) is 0. The van der Waals surface area contributed by atoms with E-state index in [0.717, 1.165) is 21.7 Å². The quantitative estimate of drug-likeness (QED) is 0.772. The summed E-state index contributed by atoms with van der Waals surface area (Å²) in [6.45, 7) is 2.55. The summed E-state index contributed by atoms with van der Waals surface area (Å²) in [6, 6.07) is 16.1. The molecule has 0 atom stereocenters. The van der Waals surface area contributed by atoms with E-state index >= 15 is 0 Å². The molecule has 0 spiro atoms. The molecule has 3 rings (SSSR count). The van der Waals surface area contributed by atoms with Crippen molar-refractivity contribution >= 4 is 17.2 Å². The monoisotopic (exact) mass is 322 g/mol. The number of thiophene rings is 1. The first-order valence-corrected chi connectivity index (χ1v) is 8.40. The van der Waals surface area contributed by atoms with Crippen LogP contribution < -0.4 is 5.32 Å². The van der Waals surface area contributed by atoms with Gasteiger partial charge in [0, 0.05) is 12.7 Å². The van der Waals surface area contributed by atoms with Crippen LogP contribution in [0.3, 0.4) is 0 Å². The highest BCUT2D eigenvalue weighted by Crippen LogP contribution is 2.22. The maximum atomic E-state index is 12.1. The van der Waals surface area contributed by atoms with Gasteiger partial charge in [-0.2, -0.15) is 0 Å². The predicted octanol–water partition coefficient (Wildman–Crippen LogP) is 3.98. The molecule has 1 amide bonds. The van der Waals surface area contributed by atoms with E-state index in [1.807, 2.05) is 60.8 Å². The Balaban J connectivity index is 1.60. The van der Waals surface area contributed by atoms with E-state index in [4.69, 9.17) is 0 Å². The molecule has 3 aromatic rings. The number of benzene rings is 1. The van der Waals surface area contributed by atoms with Gasteiger partial charge in [0.05, 0.1) is 17.0 Å². The van der Waals surface area contributed by atoms with Crippen LogP contribution in [0.15, 0.2) is 60.1 Å². The molecule has 0 unspecified atom stereocenters. The van der Waals surface area contributed by atoms with E-state index in [1.165, 1.54) is 5.56 Å². The molecule has 0 radical (unpaired) electrons. The number of hydrogen-bond donors (Lipinski definition) is 1. The lowest BCUT2D eigenvalue weighted by Crippen LogP contribution is -2.24. The van der Waals surface area contributed by atoms with Crippen molar-refractivity contribution in [3.63, 3.8) is 0 Å². The standard InChI is InChI=1S/C19H18N2OS/c1-14-4-2-5-15(10-14)12-19(22)21-13-16-7-8-20-17(11-16)18-6-3-9-23-18/h2-11H,12-13H2,1H3,(H,21,22). The zero-order valence-corrected chi connectivity index (χ0v) is 13.8. The Morgan fingerprint density at radius 1 is 1.13 bits per heavy atom. The summed E-state index contributed by atoms with van der Waals surface area (Å²) in [6.07, 6.45) is 2.20. The van der Waals surface area contributed by atoms with Crippen molar-refractivity contribution in [2.45, 2.75) is 19.9 Å². The average Bonchev–Trinajstić information content (AvgIpc) is 3.08. The van der Waals surface area contributed by atoms with Gasteiger partial charge in [0.2, 0.25) is 5.91 Å². The number of nitrogens with one attached hydrogen (secondary N) is 1. The van der Waals surface area contributed by atoms with Crippen molar-refractivity contribution < 1.29 is 4.79 Å². The van der Waals surface area contributed by atoms with Gasteiger partial charge in [0.25, 0.3) is 0 Å². The smallest absolute Gasteiger partial charge is 0.224 e. The SMILES string of the molecule is Cc1cccc(CC(=O)NCc2ccnc(-c3cccs3)c2)c1. The Morgan fingerprint density at radius 2 is 2.04 bits per heavy atom. The highest BCUT2D eigenvalue weighted by atomic mass is 32.1. The van der Waals surface area contributed by atoms with Crippen LogP contribution >= 0.6 is 11.3 Å². The number of pyridine rings is 1. The Labute approximate surface area is 140 Å². The number of nitrogens with zero attached hydrogens (tertiary/aromatic N) is 1. The zero-order valence-electron chi connectivity index (χ0n) is 13.0. The number of carbonyl (C=O) groups excluding carboxylic acids is 1. The molecule has 3 nitrogen and oxygen atoms in total. The number of hydrogen-bond acceptors (Lipinski definition) is 3. The van der Waals surface area contributed by atoms with Gasteiger partial charge in [0.1, 0.15) is 0 Å². The first-order chi connectivity index (χ1) is 11.2. The van der Waals surface area contributed by atoms with Gasteiger partial charge in [-0.1, -0.05) is 35.9 Å². The van der Waals surface area contributed by atoms with Crippen LogP contribution in [0.2, 0.25) is 0 Å². The van der Waals surface area contributed by atoms with Gasteiger partial charge < -0.3 is 5.32 Å². The van der Waals surface area contributed by atoms with E-state index in [-0.39, 0.29) is 5.91 Å². The minimum Gasteiger partial charge on any atom is -0.352 e. The fraction of sp³-hybridized carbons (Fsp3) is 0.158. The number of aryl methyl sites for hydroxylation is 1. The molecule has 116 valence electrons. The number of aromatic nitrogens is 1. The second-order valence-corrected chi connectivity index (χ2v) is 6.42. The van der Waals surface area contributed by atoms with Crippen LogP contribution in [-0.4, -0.2) is 10.9 Å². The molecule has 1 aromatic carbocycles. The van der Waals surface area contributed by atoms with Crippen molar-refractivity contribution in [2.75, 3.05) is 0 Å². The molecule has 4 heteroatoms. The van der Waals surface area contributed by atoms with Crippen molar-refractivity contribution in [3.05, 3.63) is 76.8 Å². The predicted molar refractivity (Wildman–Crippen MR) is 94.3 cm³/mol. The summed E-state index contributed by atoms with van der Waals surface area (Å²) in [5.41, 5.74) is 4.22. The number of amides is 1. The third-order valence-corrected chi connectivity index (χ3v) is 4.43. The van der Waals surface area contributed by atoms with Crippen LogP contribution in [0.25, 0.3) is 10.6 Å². The van der Waals surface area contributed by atoms with E-state index in [2.05, 4.69) is 10.3 Å². The van der Waals surface area contributed by atoms with Gasteiger partial charge in [-0.15, -0.1) is 11.3 Å². The van der Waals surface area contributed by atoms with Crippen LogP contribution in [-0.2, 0) is 17.8 Å². The second-order valence-electron chi connectivity index (χ2n) is 5.47. The number of carbonyl (C=O) groups is 1. The van der Waals surface area contributed by atoms with Gasteiger partial charge in [-0.25, -0.2) is 0 Å². The van der Waals surface area contributed by atoms with Crippen LogP contribution in [0.1, 0.15) is 16.7 Å². The molecule has 1 N–H and O–H groups in total. The largest absolute Gasteiger partial charge is 0.352 e. The van der Waals surface area contributed by atoms with Crippen molar-refractivity contribution in [2.24, 2.45) is 0 Å². The highest BCUT2D eigenvalue weighted by Gasteiger charge is 2.05. The molecule has 2 aromatic heterocycles. The first-order valence-electron chi connectivity index (χ1n) is 7.52. The lowest BCUT2D eigenvalue weighted by molar-refractivity contribution is -0.120. The Kier molecular flexibility index (Phi) is 4.83. The third-order valence-electron chi connectivity index (χ3n) is 3.53. The third kappa shape index (κ3) is 4.27. The molecule has 2 heterocycles. The van der Waals surface area contributed by atoms with Gasteiger partial charge >= 0.3 is 0 Å². The lowest BCUT2D eigenvalue weighted by atomic mass is 10.1. The van der Waals surface area contributed by atoms with Crippen molar-refractivity contribution in [3.8, 4) is 10.6 Å². The summed E-state index contributed by atoms with van der Waals surface area (Å²) >= 11 is 1.66. The van der Waals surface area contributed by atoms with Gasteiger partial charge in [-0.3, -0.25) is 9.78 Å². The number of rotatable bonds is 5.